The summed E-state index contributed by atoms with van der Waals surface area (Å²) < 4.78 is 0. The van der Waals surface area contributed by atoms with Crippen LogP contribution in [0.3, 0.4) is 0 Å². The number of Topliss-reactive ketones (excluding diaryl/α,β-unsaturated/α-hetero) is 1. The van der Waals surface area contributed by atoms with Crippen molar-refractivity contribution in [3.63, 3.8) is 0 Å². The largest absolute Gasteiger partial charge is 0.326 e. The number of benzene rings is 2. The molecule has 1 aliphatic rings. The highest BCUT2D eigenvalue weighted by molar-refractivity contribution is 6.12. The average molecular weight is 351 g/mol. The van der Waals surface area contributed by atoms with E-state index in [1.165, 1.54) is 11.9 Å². The van der Waals surface area contributed by atoms with Crippen LogP contribution in [-0.2, 0) is 14.4 Å². The van der Waals surface area contributed by atoms with Gasteiger partial charge in [0.15, 0.2) is 0 Å². The molecule has 134 valence electrons. The van der Waals surface area contributed by atoms with E-state index in [-0.39, 0.29) is 24.0 Å². The first kappa shape index (κ1) is 19.1. The smallest absolute Gasteiger partial charge is 0.253 e. The van der Waals surface area contributed by atoms with Crippen LogP contribution in [0.1, 0.15) is 26.7 Å². The molecule has 2 amide bonds. The summed E-state index contributed by atoms with van der Waals surface area (Å²) in [5.41, 5.74) is 2.42. The Bertz CT molecular complexity index is 802. The number of hydrazone groups is 1. The van der Waals surface area contributed by atoms with Gasteiger partial charge < -0.3 is 5.32 Å². The normalized spacial score (nSPS) is 12.8. The second kappa shape index (κ2) is 9.27. The van der Waals surface area contributed by atoms with E-state index in [1.807, 2.05) is 55.5 Å². The van der Waals surface area contributed by atoms with E-state index in [1.54, 1.807) is 12.1 Å². The maximum atomic E-state index is 11.4. The third kappa shape index (κ3) is 5.98. The maximum absolute atomic E-state index is 11.4. The molecule has 0 aromatic heterocycles. The van der Waals surface area contributed by atoms with Crippen LogP contribution in [0.25, 0.3) is 0 Å². The van der Waals surface area contributed by atoms with E-state index in [2.05, 4.69) is 10.4 Å². The number of carbonyl (C=O) groups is 3. The second-order valence-corrected chi connectivity index (χ2v) is 5.85. The first-order valence-electron chi connectivity index (χ1n) is 8.22. The van der Waals surface area contributed by atoms with Crippen LogP contribution in [-0.4, -0.2) is 23.3 Å². The molecule has 1 heterocycles. The number of nitrogens with one attached hydrogen (secondary N) is 1. The lowest BCUT2D eigenvalue weighted by molar-refractivity contribution is -0.124. The SMILES string of the molecule is CC(=O)CC(=O)Nc1ccccc1.CC1=NN(c2ccccc2)C(=O)C1. The van der Waals surface area contributed by atoms with E-state index in [4.69, 9.17) is 0 Å². The van der Waals surface area contributed by atoms with Crippen molar-refractivity contribution in [2.45, 2.75) is 26.7 Å². The predicted molar refractivity (Wildman–Crippen MR) is 102 cm³/mol. The molecule has 1 aliphatic heterocycles. The van der Waals surface area contributed by atoms with Crippen LogP contribution in [0.2, 0.25) is 0 Å². The quantitative estimate of drug-likeness (QED) is 0.858. The first-order valence-corrected chi connectivity index (χ1v) is 8.22. The average Bonchev–Trinajstić information content (AvgIpc) is 2.95. The van der Waals surface area contributed by atoms with Gasteiger partial charge in [-0.3, -0.25) is 14.4 Å². The molecular formula is C20H21N3O3. The summed E-state index contributed by atoms with van der Waals surface area (Å²) in [7, 11) is 0. The van der Waals surface area contributed by atoms with Crippen molar-refractivity contribution >= 4 is 34.7 Å². The molecule has 26 heavy (non-hydrogen) atoms. The Hall–Kier alpha value is -3.28. The summed E-state index contributed by atoms with van der Waals surface area (Å²) in [6.45, 7) is 3.26. The summed E-state index contributed by atoms with van der Waals surface area (Å²) in [5, 5.41) is 8.21. The highest BCUT2D eigenvalue weighted by Gasteiger charge is 2.21. The van der Waals surface area contributed by atoms with Gasteiger partial charge in [-0.15, -0.1) is 0 Å². The van der Waals surface area contributed by atoms with E-state index in [9.17, 15) is 14.4 Å². The van der Waals surface area contributed by atoms with Gasteiger partial charge in [0.25, 0.3) is 5.91 Å². The molecule has 0 atom stereocenters. The summed E-state index contributed by atoms with van der Waals surface area (Å²) in [6, 6.07) is 18.5. The van der Waals surface area contributed by atoms with Crippen LogP contribution in [0.15, 0.2) is 65.8 Å². The fourth-order valence-corrected chi connectivity index (χ4v) is 2.28. The van der Waals surface area contributed by atoms with Crippen molar-refractivity contribution in [1.82, 2.24) is 0 Å². The highest BCUT2D eigenvalue weighted by Crippen LogP contribution is 2.19. The topological polar surface area (TPSA) is 78.8 Å². The molecular weight excluding hydrogens is 330 g/mol. The zero-order valence-corrected chi connectivity index (χ0v) is 14.8. The molecule has 0 spiro atoms. The molecule has 2 aromatic carbocycles. The standard InChI is InChI=1S/C10H10N2O.C10H11NO2/c1-8-7-10(13)12(11-8)9-5-3-2-4-6-9;1-8(12)7-10(13)11-9-5-3-2-4-6-9/h2-6H,7H2,1H3;2-6H,7H2,1H3,(H,11,13). The Kier molecular flexibility index (Phi) is 6.79. The number of hydrogen-bond acceptors (Lipinski definition) is 4. The third-order valence-electron chi connectivity index (χ3n) is 3.38. The van der Waals surface area contributed by atoms with Crippen molar-refractivity contribution in [1.29, 1.82) is 0 Å². The Morgan fingerprint density at radius 2 is 1.62 bits per heavy atom. The number of amides is 2. The van der Waals surface area contributed by atoms with Crippen LogP contribution in [0, 0.1) is 0 Å². The number of ketones is 1. The summed E-state index contributed by atoms with van der Waals surface area (Å²) in [5.74, 6) is -0.351. The molecule has 0 radical (unpaired) electrons. The molecule has 6 nitrogen and oxygen atoms in total. The van der Waals surface area contributed by atoms with Crippen molar-refractivity contribution in [2.24, 2.45) is 5.10 Å². The molecule has 0 aliphatic carbocycles. The van der Waals surface area contributed by atoms with Crippen LogP contribution >= 0.6 is 0 Å². The molecule has 6 heteroatoms. The Balaban J connectivity index is 0.000000187. The van der Waals surface area contributed by atoms with Gasteiger partial charge >= 0.3 is 0 Å². The summed E-state index contributed by atoms with van der Waals surface area (Å²) >= 11 is 0. The summed E-state index contributed by atoms with van der Waals surface area (Å²) in [6.07, 6.45) is 0.379. The fourth-order valence-electron chi connectivity index (χ4n) is 2.28. The minimum absolute atomic E-state index is 0.0451. The molecule has 0 saturated carbocycles. The van der Waals surface area contributed by atoms with E-state index >= 15 is 0 Å². The van der Waals surface area contributed by atoms with Gasteiger partial charge in [0, 0.05) is 11.4 Å². The van der Waals surface area contributed by atoms with Gasteiger partial charge in [0.2, 0.25) is 5.91 Å². The van der Waals surface area contributed by atoms with Gasteiger partial charge in [0.1, 0.15) is 5.78 Å². The highest BCUT2D eigenvalue weighted by atomic mass is 16.2. The van der Waals surface area contributed by atoms with Crippen LogP contribution < -0.4 is 10.3 Å². The Labute approximate surface area is 152 Å². The van der Waals surface area contributed by atoms with Gasteiger partial charge in [-0.2, -0.15) is 5.10 Å². The van der Waals surface area contributed by atoms with Gasteiger partial charge in [0.05, 0.1) is 18.5 Å². The lowest BCUT2D eigenvalue weighted by Crippen LogP contribution is -2.19. The lowest BCUT2D eigenvalue weighted by Gasteiger charge is -2.10. The summed E-state index contributed by atoms with van der Waals surface area (Å²) in [4.78, 5) is 33.1. The van der Waals surface area contributed by atoms with E-state index < -0.39 is 0 Å². The van der Waals surface area contributed by atoms with Crippen LogP contribution in [0.4, 0.5) is 11.4 Å². The fraction of sp³-hybridized carbons (Fsp3) is 0.200. The van der Waals surface area contributed by atoms with Gasteiger partial charge in [-0.25, -0.2) is 5.01 Å². The van der Waals surface area contributed by atoms with Crippen molar-refractivity contribution in [3.8, 4) is 0 Å². The number of hydrogen-bond donors (Lipinski definition) is 1. The minimum atomic E-state index is -0.265. The first-order chi connectivity index (χ1) is 12.5. The lowest BCUT2D eigenvalue weighted by atomic mass is 10.2. The minimum Gasteiger partial charge on any atom is -0.326 e. The zero-order valence-electron chi connectivity index (χ0n) is 14.8. The predicted octanol–water partition coefficient (Wildman–Crippen LogP) is 3.40. The molecule has 0 bridgehead atoms. The van der Waals surface area contributed by atoms with Crippen molar-refractivity contribution < 1.29 is 14.4 Å². The molecule has 0 saturated heterocycles. The number of carbonyl (C=O) groups excluding carboxylic acids is 3. The maximum Gasteiger partial charge on any atom is 0.253 e. The number of nitrogens with zero attached hydrogens (tertiary/aromatic N) is 2. The molecule has 1 N–H and O–H groups in total. The molecule has 2 aromatic rings. The number of para-hydroxylation sites is 2. The number of rotatable bonds is 4. The zero-order chi connectivity index (χ0) is 18.9. The number of anilines is 2. The van der Waals surface area contributed by atoms with E-state index in [0.717, 1.165) is 11.4 Å². The van der Waals surface area contributed by atoms with Crippen molar-refractivity contribution in [3.05, 3.63) is 60.7 Å². The van der Waals surface area contributed by atoms with E-state index in [0.29, 0.717) is 12.1 Å². The Morgan fingerprint density at radius 3 is 2.12 bits per heavy atom. The van der Waals surface area contributed by atoms with Crippen LogP contribution in [0.5, 0.6) is 0 Å². The van der Waals surface area contributed by atoms with Gasteiger partial charge in [-0.05, 0) is 38.1 Å². The molecule has 3 rings (SSSR count). The van der Waals surface area contributed by atoms with Crippen molar-refractivity contribution in [2.75, 3.05) is 10.3 Å². The molecule has 0 fully saturated rings. The second-order valence-electron chi connectivity index (χ2n) is 5.85. The third-order valence-corrected chi connectivity index (χ3v) is 3.38. The Morgan fingerprint density at radius 1 is 1.04 bits per heavy atom. The molecule has 0 unspecified atom stereocenters. The monoisotopic (exact) mass is 351 g/mol. The van der Waals surface area contributed by atoms with Gasteiger partial charge in [-0.1, -0.05) is 36.4 Å².